The van der Waals surface area contributed by atoms with Gasteiger partial charge in [-0.3, -0.25) is 9.80 Å². The molecule has 0 amide bonds. The molecular formula is C17H38N4. The summed E-state index contributed by atoms with van der Waals surface area (Å²) in [6.45, 7) is 20.4. The fourth-order valence-corrected chi connectivity index (χ4v) is 3.31. The van der Waals surface area contributed by atoms with E-state index in [9.17, 15) is 0 Å². The first kappa shape index (κ1) is 18.9. The lowest BCUT2D eigenvalue weighted by molar-refractivity contribution is -0.00731. The molecule has 0 aromatic carbocycles. The highest BCUT2D eigenvalue weighted by molar-refractivity contribution is 5.02. The van der Waals surface area contributed by atoms with Crippen LogP contribution in [-0.4, -0.2) is 65.7 Å². The maximum absolute atomic E-state index is 6.17. The summed E-state index contributed by atoms with van der Waals surface area (Å²) >= 11 is 0. The van der Waals surface area contributed by atoms with Crippen LogP contribution in [0.4, 0.5) is 0 Å². The van der Waals surface area contributed by atoms with Crippen LogP contribution in [0.15, 0.2) is 0 Å². The van der Waals surface area contributed by atoms with Gasteiger partial charge >= 0.3 is 0 Å². The van der Waals surface area contributed by atoms with E-state index in [2.05, 4.69) is 70.6 Å². The predicted molar refractivity (Wildman–Crippen MR) is 92.7 cm³/mol. The quantitative estimate of drug-likeness (QED) is 0.786. The van der Waals surface area contributed by atoms with E-state index in [4.69, 9.17) is 5.73 Å². The molecule has 1 fully saturated rings. The zero-order valence-corrected chi connectivity index (χ0v) is 15.6. The molecule has 1 unspecified atom stereocenters. The van der Waals surface area contributed by atoms with Crippen molar-refractivity contribution in [2.24, 2.45) is 5.73 Å². The van der Waals surface area contributed by atoms with Gasteiger partial charge in [-0.2, -0.15) is 0 Å². The molecular weight excluding hydrogens is 260 g/mol. The van der Waals surface area contributed by atoms with Crippen LogP contribution in [0.1, 0.15) is 54.9 Å². The number of nitrogens with zero attached hydrogens (tertiary/aromatic N) is 2. The van der Waals surface area contributed by atoms with Crippen LogP contribution in [0.3, 0.4) is 0 Å². The fourth-order valence-electron chi connectivity index (χ4n) is 3.31. The summed E-state index contributed by atoms with van der Waals surface area (Å²) in [7, 11) is 2.06. The third kappa shape index (κ3) is 4.65. The fraction of sp³-hybridized carbons (Fsp3) is 1.00. The summed E-state index contributed by atoms with van der Waals surface area (Å²) in [5, 5.41) is 3.47. The Kier molecular flexibility index (Phi) is 5.87. The molecule has 21 heavy (non-hydrogen) atoms. The van der Waals surface area contributed by atoms with Crippen molar-refractivity contribution in [3.63, 3.8) is 0 Å². The summed E-state index contributed by atoms with van der Waals surface area (Å²) in [5.41, 5.74) is 6.33. The number of piperazine rings is 1. The molecule has 0 aromatic heterocycles. The molecule has 0 spiro atoms. The second kappa shape index (κ2) is 6.53. The predicted octanol–water partition coefficient (Wildman–Crippen LogP) is 1.90. The molecule has 0 aliphatic carbocycles. The van der Waals surface area contributed by atoms with Crippen molar-refractivity contribution in [1.29, 1.82) is 0 Å². The summed E-state index contributed by atoms with van der Waals surface area (Å²) in [5.74, 6) is 0. The highest BCUT2D eigenvalue weighted by Gasteiger charge is 2.42. The molecule has 126 valence electrons. The molecule has 0 aromatic rings. The van der Waals surface area contributed by atoms with Crippen LogP contribution in [0.2, 0.25) is 0 Å². The second-order valence-corrected chi connectivity index (χ2v) is 8.50. The van der Waals surface area contributed by atoms with Gasteiger partial charge in [0, 0.05) is 48.8 Å². The monoisotopic (exact) mass is 298 g/mol. The van der Waals surface area contributed by atoms with E-state index in [1.165, 1.54) is 0 Å². The lowest BCUT2D eigenvalue weighted by atomic mass is 9.80. The SMILES string of the molecule is CNC(C)(C)C(C)(C)N1CCN(C(C)CC(C)(C)N)CC1. The Bertz CT molecular complexity index is 322. The summed E-state index contributed by atoms with van der Waals surface area (Å²) in [4.78, 5) is 5.22. The van der Waals surface area contributed by atoms with Crippen molar-refractivity contribution in [2.45, 2.75) is 77.5 Å². The summed E-state index contributed by atoms with van der Waals surface area (Å²) in [6, 6.07) is 0.563. The number of nitrogens with one attached hydrogen (secondary N) is 1. The molecule has 1 atom stereocenters. The molecule has 1 aliphatic heterocycles. The Morgan fingerprint density at radius 1 is 1.00 bits per heavy atom. The third-order valence-corrected chi connectivity index (χ3v) is 5.70. The molecule has 1 rings (SSSR count). The van der Waals surface area contributed by atoms with Crippen molar-refractivity contribution in [1.82, 2.24) is 15.1 Å². The normalized spacial score (nSPS) is 21.6. The Balaban J connectivity index is 2.60. The highest BCUT2D eigenvalue weighted by atomic mass is 15.3. The maximum atomic E-state index is 6.17. The average molecular weight is 299 g/mol. The van der Waals surface area contributed by atoms with E-state index < -0.39 is 0 Å². The molecule has 3 N–H and O–H groups in total. The van der Waals surface area contributed by atoms with Crippen molar-refractivity contribution >= 4 is 0 Å². The van der Waals surface area contributed by atoms with Gasteiger partial charge in [0.25, 0.3) is 0 Å². The third-order valence-electron chi connectivity index (χ3n) is 5.70. The summed E-state index contributed by atoms with van der Waals surface area (Å²) in [6.07, 6.45) is 1.05. The van der Waals surface area contributed by atoms with Gasteiger partial charge in [0.2, 0.25) is 0 Å². The van der Waals surface area contributed by atoms with Gasteiger partial charge in [-0.15, -0.1) is 0 Å². The van der Waals surface area contributed by atoms with E-state index >= 15 is 0 Å². The first-order valence-electron chi connectivity index (χ1n) is 8.37. The van der Waals surface area contributed by atoms with Crippen molar-refractivity contribution in [2.75, 3.05) is 33.2 Å². The van der Waals surface area contributed by atoms with E-state index in [0.717, 1.165) is 32.6 Å². The Hall–Kier alpha value is -0.160. The molecule has 1 heterocycles. The van der Waals surface area contributed by atoms with Crippen LogP contribution in [0.25, 0.3) is 0 Å². The van der Waals surface area contributed by atoms with Crippen LogP contribution in [0.5, 0.6) is 0 Å². The van der Waals surface area contributed by atoms with Gasteiger partial charge in [-0.25, -0.2) is 0 Å². The Labute approximate surface area is 132 Å². The molecule has 0 saturated carbocycles. The maximum Gasteiger partial charge on any atom is 0.0330 e. The minimum absolute atomic E-state index is 0.0794. The summed E-state index contributed by atoms with van der Waals surface area (Å²) < 4.78 is 0. The number of hydrogen-bond donors (Lipinski definition) is 2. The number of rotatable bonds is 6. The van der Waals surface area contributed by atoms with Gasteiger partial charge in [0.05, 0.1) is 0 Å². The number of hydrogen-bond acceptors (Lipinski definition) is 4. The van der Waals surface area contributed by atoms with Gasteiger partial charge in [0.15, 0.2) is 0 Å². The zero-order chi connectivity index (χ0) is 16.5. The van der Waals surface area contributed by atoms with E-state index in [1.54, 1.807) is 0 Å². The minimum Gasteiger partial charge on any atom is -0.326 e. The van der Waals surface area contributed by atoms with E-state index in [-0.39, 0.29) is 16.6 Å². The highest BCUT2D eigenvalue weighted by Crippen LogP contribution is 2.29. The van der Waals surface area contributed by atoms with Gasteiger partial charge in [-0.05, 0) is 61.9 Å². The number of nitrogens with two attached hydrogens (primary N) is 1. The standard InChI is InChI=1S/C17H38N4/c1-14(13-15(2,3)18)20-9-11-21(12-10-20)17(6,7)16(4,5)19-8/h14,19H,9-13,18H2,1-8H3. The van der Waals surface area contributed by atoms with Gasteiger partial charge in [-0.1, -0.05) is 0 Å². The Morgan fingerprint density at radius 2 is 1.48 bits per heavy atom. The minimum atomic E-state index is -0.0794. The molecule has 1 saturated heterocycles. The van der Waals surface area contributed by atoms with Crippen LogP contribution in [-0.2, 0) is 0 Å². The molecule has 4 heteroatoms. The number of likely N-dealkylation sites (N-methyl/N-ethyl adjacent to an activating group) is 1. The molecule has 0 radical (unpaired) electrons. The van der Waals surface area contributed by atoms with E-state index in [1.807, 2.05) is 0 Å². The van der Waals surface area contributed by atoms with Gasteiger partial charge in [0.1, 0.15) is 0 Å². The lowest BCUT2D eigenvalue weighted by Gasteiger charge is -2.52. The van der Waals surface area contributed by atoms with Gasteiger partial charge < -0.3 is 11.1 Å². The van der Waals surface area contributed by atoms with Crippen molar-refractivity contribution in [3.05, 3.63) is 0 Å². The van der Waals surface area contributed by atoms with Crippen LogP contribution in [0, 0.1) is 0 Å². The van der Waals surface area contributed by atoms with E-state index in [0.29, 0.717) is 6.04 Å². The van der Waals surface area contributed by atoms with Crippen molar-refractivity contribution < 1.29 is 0 Å². The molecule has 1 aliphatic rings. The Morgan fingerprint density at radius 3 is 1.86 bits per heavy atom. The first-order chi connectivity index (χ1) is 9.40. The molecule has 4 nitrogen and oxygen atoms in total. The second-order valence-electron chi connectivity index (χ2n) is 8.50. The zero-order valence-electron chi connectivity index (χ0n) is 15.6. The lowest BCUT2D eigenvalue weighted by Crippen LogP contribution is -2.67. The van der Waals surface area contributed by atoms with Crippen molar-refractivity contribution in [3.8, 4) is 0 Å². The molecule has 0 bridgehead atoms. The topological polar surface area (TPSA) is 44.5 Å². The van der Waals surface area contributed by atoms with Crippen LogP contribution >= 0.6 is 0 Å². The average Bonchev–Trinajstić information content (AvgIpc) is 2.36. The van der Waals surface area contributed by atoms with Crippen LogP contribution < -0.4 is 11.1 Å². The first-order valence-corrected chi connectivity index (χ1v) is 8.37. The smallest absolute Gasteiger partial charge is 0.0330 e. The largest absolute Gasteiger partial charge is 0.326 e.